The molecule has 1 atom stereocenters. The number of amides is 1. The lowest BCUT2D eigenvalue weighted by atomic mass is 10.2. The van der Waals surface area contributed by atoms with E-state index in [1.54, 1.807) is 6.07 Å². The van der Waals surface area contributed by atoms with Crippen molar-refractivity contribution in [3.05, 3.63) is 47.8 Å². The Morgan fingerprint density at radius 1 is 1.16 bits per heavy atom. The molecule has 0 aliphatic carbocycles. The second-order valence-electron chi connectivity index (χ2n) is 5.45. The van der Waals surface area contributed by atoms with Crippen LogP contribution in [0.4, 0.5) is 10.1 Å². The third-order valence-corrected chi connectivity index (χ3v) is 3.42. The molecule has 1 amide bonds. The van der Waals surface area contributed by atoms with Gasteiger partial charge in [0, 0.05) is 13.2 Å². The standard InChI is InChI=1S/C18H21FN2O4/c1-11-4-6-16(17(8-11)24-3)25-15-7-5-12(19)9-14(15)21-18(22)13(20)10-23-2/h4-9,13H,10,20H2,1-3H3,(H,21,22). The van der Waals surface area contributed by atoms with Gasteiger partial charge in [0.15, 0.2) is 17.2 Å². The van der Waals surface area contributed by atoms with E-state index in [0.717, 1.165) is 11.6 Å². The number of halogens is 1. The maximum absolute atomic E-state index is 13.6. The molecular weight excluding hydrogens is 327 g/mol. The number of methoxy groups -OCH3 is 2. The molecular formula is C18H21FN2O4. The normalized spacial score (nSPS) is 11.7. The molecule has 2 aromatic carbocycles. The molecule has 3 N–H and O–H groups in total. The zero-order chi connectivity index (χ0) is 18.4. The van der Waals surface area contributed by atoms with Crippen LogP contribution in [0.2, 0.25) is 0 Å². The lowest BCUT2D eigenvalue weighted by molar-refractivity contribution is -0.118. The van der Waals surface area contributed by atoms with Crippen LogP contribution < -0.4 is 20.5 Å². The van der Waals surface area contributed by atoms with E-state index in [1.165, 1.54) is 26.4 Å². The van der Waals surface area contributed by atoms with Gasteiger partial charge in [-0.1, -0.05) is 6.07 Å². The molecule has 0 aliphatic heterocycles. The van der Waals surface area contributed by atoms with E-state index < -0.39 is 17.8 Å². The van der Waals surface area contributed by atoms with Crippen LogP contribution >= 0.6 is 0 Å². The number of hydrogen-bond donors (Lipinski definition) is 2. The highest BCUT2D eigenvalue weighted by Crippen LogP contribution is 2.36. The third-order valence-electron chi connectivity index (χ3n) is 3.42. The van der Waals surface area contributed by atoms with Crippen molar-refractivity contribution in [1.29, 1.82) is 0 Å². The minimum absolute atomic E-state index is 0.0448. The Bertz CT molecular complexity index is 752. The highest BCUT2D eigenvalue weighted by molar-refractivity contribution is 5.96. The van der Waals surface area contributed by atoms with Crippen molar-refractivity contribution < 1.29 is 23.4 Å². The molecule has 0 bridgehead atoms. The Morgan fingerprint density at radius 2 is 1.88 bits per heavy atom. The summed E-state index contributed by atoms with van der Waals surface area (Å²) in [5.41, 5.74) is 6.86. The molecule has 1 unspecified atom stereocenters. The maximum Gasteiger partial charge on any atom is 0.243 e. The topological polar surface area (TPSA) is 82.8 Å². The summed E-state index contributed by atoms with van der Waals surface area (Å²) in [5.74, 6) is 0.211. The summed E-state index contributed by atoms with van der Waals surface area (Å²) >= 11 is 0. The van der Waals surface area contributed by atoms with Gasteiger partial charge < -0.3 is 25.3 Å². The van der Waals surface area contributed by atoms with Gasteiger partial charge in [0.2, 0.25) is 5.91 Å². The van der Waals surface area contributed by atoms with Crippen LogP contribution in [0.5, 0.6) is 17.2 Å². The highest BCUT2D eigenvalue weighted by Gasteiger charge is 2.17. The number of benzene rings is 2. The quantitative estimate of drug-likeness (QED) is 0.804. The maximum atomic E-state index is 13.6. The molecule has 0 aromatic heterocycles. The fourth-order valence-electron chi connectivity index (χ4n) is 2.15. The summed E-state index contributed by atoms with van der Waals surface area (Å²) in [4.78, 5) is 12.1. The molecule has 134 valence electrons. The van der Waals surface area contributed by atoms with E-state index in [1.807, 2.05) is 19.1 Å². The Labute approximate surface area is 145 Å². The number of rotatable bonds is 7. The van der Waals surface area contributed by atoms with E-state index in [2.05, 4.69) is 5.32 Å². The molecule has 0 aliphatic rings. The molecule has 2 aromatic rings. The van der Waals surface area contributed by atoms with Gasteiger partial charge in [-0.05, 0) is 36.8 Å². The van der Waals surface area contributed by atoms with Crippen molar-refractivity contribution >= 4 is 11.6 Å². The molecule has 0 saturated heterocycles. The molecule has 6 nitrogen and oxygen atoms in total. The number of anilines is 1. The molecule has 0 heterocycles. The first-order valence-electron chi connectivity index (χ1n) is 7.62. The van der Waals surface area contributed by atoms with E-state index in [0.29, 0.717) is 11.5 Å². The van der Waals surface area contributed by atoms with E-state index in [4.69, 9.17) is 19.9 Å². The van der Waals surface area contributed by atoms with Crippen molar-refractivity contribution in [2.24, 2.45) is 5.73 Å². The first kappa shape index (κ1) is 18.7. The van der Waals surface area contributed by atoms with Gasteiger partial charge in [0.1, 0.15) is 11.9 Å². The van der Waals surface area contributed by atoms with Gasteiger partial charge in [-0.15, -0.1) is 0 Å². The monoisotopic (exact) mass is 348 g/mol. The summed E-state index contributed by atoms with van der Waals surface area (Å²) in [5, 5.41) is 2.56. The summed E-state index contributed by atoms with van der Waals surface area (Å²) in [6.45, 7) is 1.97. The first-order chi connectivity index (χ1) is 11.9. The molecule has 0 radical (unpaired) electrons. The van der Waals surface area contributed by atoms with Crippen LogP contribution in [0.25, 0.3) is 0 Å². The van der Waals surface area contributed by atoms with Crippen molar-refractivity contribution in [1.82, 2.24) is 0 Å². The minimum atomic E-state index is -0.880. The van der Waals surface area contributed by atoms with Crippen LogP contribution in [-0.2, 0) is 9.53 Å². The molecule has 0 spiro atoms. The van der Waals surface area contributed by atoms with Crippen molar-refractivity contribution in [3.8, 4) is 17.2 Å². The number of carbonyl (C=O) groups is 1. The first-order valence-corrected chi connectivity index (χ1v) is 7.62. The average Bonchev–Trinajstić information content (AvgIpc) is 2.58. The Balaban J connectivity index is 2.28. The molecule has 2 rings (SSSR count). The fraction of sp³-hybridized carbons (Fsp3) is 0.278. The minimum Gasteiger partial charge on any atom is -0.493 e. The van der Waals surface area contributed by atoms with Crippen molar-refractivity contribution in [3.63, 3.8) is 0 Å². The lowest BCUT2D eigenvalue weighted by Gasteiger charge is -2.16. The highest BCUT2D eigenvalue weighted by atomic mass is 19.1. The second kappa shape index (κ2) is 8.46. The number of aryl methyl sites for hydroxylation is 1. The zero-order valence-electron chi connectivity index (χ0n) is 14.3. The van der Waals surface area contributed by atoms with E-state index in [-0.39, 0.29) is 18.0 Å². The SMILES string of the molecule is COCC(N)C(=O)Nc1cc(F)ccc1Oc1ccc(C)cc1OC. The van der Waals surface area contributed by atoms with Crippen molar-refractivity contribution in [2.45, 2.75) is 13.0 Å². The predicted octanol–water partition coefficient (Wildman–Crippen LogP) is 2.85. The smallest absolute Gasteiger partial charge is 0.243 e. The third kappa shape index (κ3) is 4.91. The average molecular weight is 348 g/mol. The predicted molar refractivity (Wildman–Crippen MR) is 92.7 cm³/mol. The number of hydrogen-bond acceptors (Lipinski definition) is 5. The van der Waals surface area contributed by atoms with Gasteiger partial charge in [-0.2, -0.15) is 0 Å². The number of nitrogens with one attached hydrogen (secondary N) is 1. The van der Waals surface area contributed by atoms with Crippen LogP contribution in [0.3, 0.4) is 0 Å². The van der Waals surface area contributed by atoms with E-state index in [9.17, 15) is 9.18 Å². The molecule has 0 saturated carbocycles. The Kier molecular flexibility index (Phi) is 6.32. The van der Waals surface area contributed by atoms with Gasteiger partial charge in [0.05, 0.1) is 19.4 Å². The molecule has 0 fully saturated rings. The number of nitrogens with two attached hydrogens (primary N) is 1. The van der Waals surface area contributed by atoms with Crippen LogP contribution in [0.1, 0.15) is 5.56 Å². The Morgan fingerprint density at radius 3 is 2.56 bits per heavy atom. The number of ether oxygens (including phenoxy) is 3. The van der Waals surface area contributed by atoms with Gasteiger partial charge in [-0.3, -0.25) is 4.79 Å². The van der Waals surface area contributed by atoms with Crippen LogP contribution in [0, 0.1) is 12.7 Å². The van der Waals surface area contributed by atoms with Gasteiger partial charge in [-0.25, -0.2) is 4.39 Å². The molecule has 7 heteroatoms. The van der Waals surface area contributed by atoms with Crippen LogP contribution in [0.15, 0.2) is 36.4 Å². The number of carbonyl (C=O) groups excluding carboxylic acids is 1. The molecule has 25 heavy (non-hydrogen) atoms. The Hall–Kier alpha value is -2.64. The zero-order valence-corrected chi connectivity index (χ0v) is 14.3. The van der Waals surface area contributed by atoms with Crippen LogP contribution in [-0.4, -0.2) is 32.8 Å². The van der Waals surface area contributed by atoms with Gasteiger partial charge in [0.25, 0.3) is 0 Å². The fourth-order valence-corrected chi connectivity index (χ4v) is 2.15. The summed E-state index contributed by atoms with van der Waals surface area (Å²) < 4.78 is 29.5. The summed E-state index contributed by atoms with van der Waals surface area (Å²) in [7, 11) is 2.96. The van der Waals surface area contributed by atoms with E-state index >= 15 is 0 Å². The van der Waals surface area contributed by atoms with Crippen molar-refractivity contribution in [2.75, 3.05) is 26.1 Å². The largest absolute Gasteiger partial charge is 0.493 e. The summed E-state index contributed by atoms with van der Waals surface area (Å²) in [6.07, 6.45) is 0. The summed E-state index contributed by atoms with van der Waals surface area (Å²) in [6, 6.07) is 8.34. The van der Waals surface area contributed by atoms with Gasteiger partial charge >= 0.3 is 0 Å². The second-order valence-corrected chi connectivity index (χ2v) is 5.45. The lowest BCUT2D eigenvalue weighted by Crippen LogP contribution is -2.39.